The molecule has 0 heterocycles. The number of Topliss-reactive ketones (excluding diaryl/α,β-unsaturated/α-hetero) is 1. The molecular weight excluding hydrogens is 530 g/mol. The predicted octanol–water partition coefficient (Wildman–Crippen LogP) is 4.08. The Morgan fingerprint density at radius 1 is 1.07 bits per heavy atom. The number of esters is 1. The maximum atomic E-state index is 13.5. The zero-order valence-electron chi connectivity index (χ0n) is 23.7. The van der Waals surface area contributed by atoms with Crippen molar-refractivity contribution in [1.29, 1.82) is 0 Å². The lowest BCUT2D eigenvalue weighted by Crippen LogP contribution is -2.46. The van der Waals surface area contributed by atoms with Crippen LogP contribution in [-0.2, 0) is 30.3 Å². The van der Waals surface area contributed by atoms with Crippen molar-refractivity contribution >= 4 is 40.6 Å². The van der Waals surface area contributed by atoms with E-state index in [9.17, 15) is 24.0 Å². The Morgan fingerprint density at radius 3 is 2.35 bits per heavy atom. The van der Waals surface area contributed by atoms with Gasteiger partial charge in [0.05, 0.1) is 12.6 Å². The van der Waals surface area contributed by atoms with Crippen LogP contribution in [-0.4, -0.2) is 52.7 Å². The minimum Gasteiger partial charge on any atom is -0.463 e. The average Bonchev–Trinajstić information content (AvgIpc) is 3.41. The van der Waals surface area contributed by atoms with Gasteiger partial charge in [-0.2, -0.15) is 0 Å². The molecule has 0 aromatic heterocycles. The summed E-state index contributed by atoms with van der Waals surface area (Å²) in [5.74, 6) is -2.61. The summed E-state index contributed by atoms with van der Waals surface area (Å²) in [6, 6.07) is 7.98. The molecule has 1 aromatic rings. The third kappa shape index (κ3) is 12.4. The first-order valence-electron chi connectivity index (χ1n) is 14.1. The molecule has 1 fully saturated rings. The van der Waals surface area contributed by atoms with Crippen molar-refractivity contribution in [2.24, 2.45) is 17.6 Å². The summed E-state index contributed by atoms with van der Waals surface area (Å²) in [5.41, 5.74) is 6.19. The molecule has 40 heavy (non-hydrogen) atoms. The third-order valence-electron chi connectivity index (χ3n) is 6.79. The fourth-order valence-electron chi connectivity index (χ4n) is 4.66. The second-order valence-corrected chi connectivity index (χ2v) is 11.7. The van der Waals surface area contributed by atoms with E-state index in [2.05, 4.69) is 10.6 Å². The number of hydrogen-bond acceptors (Lipinski definition) is 7. The number of nitrogens with one attached hydrogen (secondary N) is 2. The number of carbonyl (C=O) groups is 5. The van der Waals surface area contributed by atoms with Crippen molar-refractivity contribution in [2.75, 3.05) is 6.61 Å². The lowest BCUT2D eigenvalue weighted by atomic mass is 9.88. The Labute approximate surface area is 241 Å². The summed E-state index contributed by atoms with van der Waals surface area (Å²) in [4.78, 5) is 63.0. The van der Waals surface area contributed by atoms with Crippen LogP contribution in [0.4, 0.5) is 4.79 Å². The van der Waals surface area contributed by atoms with Crippen LogP contribution in [0.3, 0.4) is 0 Å². The van der Waals surface area contributed by atoms with E-state index >= 15 is 0 Å². The van der Waals surface area contributed by atoms with Crippen LogP contribution in [0.1, 0.15) is 71.3 Å². The van der Waals surface area contributed by atoms with Gasteiger partial charge in [0.15, 0.2) is 5.78 Å². The van der Waals surface area contributed by atoms with E-state index in [-0.39, 0.29) is 48.1 Å². The highest BCUT2D eigenvalue weighted by molar-refractivity contribution is 8.14. The van der Waals surface area contributed by atoms with Crippen LogP contribution in [0, 0.1) is 11.8 Å². The number of rotatable bonds is 16. The van der Waals surface area contributed by atoms with Gasteiger partial charge >= 0.3 is 5.97 Å². The van der Waals surface area contributed by atoms with Crippen LogP contribution >= 0.6 is 11.8 Å². The zero-order valence-corrected chi connectivity index (χ0v) is 24.5. The van der Waals surface area contributed by atoms with Crippen LogP contribution < -0.4 is 16.4 Å². The number of ether oxygens (including phenoxy) is 1. The van der Waals surface area contributed by atoms with E-state index in [0.29, 0.717) is 6.42 Å². The molecule has 1 aliphatic rings. The standard InChI is InChI=1S/C30H43N3O6S/c1-4-39-27(36)17-15-23(14-16-26(31)35)32-29(37)22(18-21-10-6-5-7-11-21)19-25(34)28(20(2)3)33-30(38)40-24-12-8-9-13-24/h5-7,10-11,15,17,20,22-24,28H,4,8-9,12-14,16,18-19H2,1-3H3,(H2,31,35)(H,32,37)(H,33,38)/b17-15+/t22-,23+,28+/m1/s1. The summed E-state index contributed by atoms with van der Waals surface area (Å²) in [7, 11) is 0. The highest BCUT2D eigenvalue weighted by atomic mass is 32.2. The fourth-order valence-corrected chi connectivity index (χ4v) is 5.73. The average molecular weight is 574 g/mol. The monoisotopic (exact) mass is 573 g/mol. The van der Waals surface area contributed by atoms with Gasteiger partial charge in [0.2, 0.25) is 11.8 Å². The van der Waals surface area contributed by atoms with E-state index in [1.807, 2.05) is 44.2 Å². The quantitative estimate of drug-likeness (QED) is 0.200. The number of nitrogens with two attached hydrogens (primary N) is 1. The largest absolute Gasteiger partial charge is 0.463 e. The van der Waals surface area contributed by atoms with Crippen molar-refractivity contribution in [3.05, 3.63) is 48.0 Å². The van der Waals surface area contributed by atoms with Crippen LogP contribution in [0.5, 0.6) is 0 Å². The molecule has 0 saturated heterocycles. The van der Waals surface area contributed by atoms with Gasteiger partial charge in [-0.3, -0.25) is 19.2 Å². The molecule has 2 rings (SSSR count). The fraction of sp³-hybridized carbons (Fsp3) is 0.567. The number of amides is 3. The van der Waals surface area contributed by atoms with Crippen molar-refractivity contribution in [1.82, 2.24) is 10.6 Å². The molecule has 1 aliphatic carbocycles. The lowest BCUT2D eigenvalue weighted by molar-refractivity contribution is -0.137. The van der Waals surface area contributed by atoms with Gasteiger partial charge in [-0.1, -0.05) is 74.9 Å². The predicted molar refractivity (Wildman–Crippen MR) is 156 cm³/mol. The number of thioether (sulfide) groups is 1. The number of ketones is 1. The molecule has 3 amide bonds. The minimum atomic E-state index is -0.734. The molecule has 0 unspecified atom stereocenters. The van der Waals surface area contributed by atoms with Gasteiger partial charge in [-0.05, 0) is 44.1 Å². The second-order valence-electron chi connectivity index (χ2n) is 10.5. The van der Waals surface area contributed by atoms with E-state index in [0.717, 1.165) is 31.2 Å². The Bertz CT molecular complexity index is 1020. The molecular formula is C30H43N3O6S. The molecule has 0 radical (unpaired) electrons. The molecule has 1 saturated carbocycles. The molecule has 0 spiro atoms. The van der Waals surface area contributed by atoms with Crippen LogP contribution in [0.2, 0.25) is 0 Å². The molecule has 0 bridgehead atoms. The van der Waals surface area contributed by atoms with Crippen molar-refractivity contribution in [3.8, 4) is 0 Å². The molecule has 4 N–H and O–H groups in total. The van der Waals surface area contributed by atoms with E-state index < -0.39 is 35.8 Å². The maximum Gasteiger partial charge on any atom is 0.330 e. The number of benzene rings is 1. The van der Waals surface area contributed by atoms with Crippen LogP contribution in [0.15, 0.2) is 42.5 Å². The lowest BCUT2D eigenvalue weighted by Gasteiger charge is -2.25. The van der Waals surface area contributed by atoms with E-state index in [1.165, 1.54) is 23.9 Å². The van der Waals surface area contributed by atoms with Gasteiger partial charge in [0, 0.05) is 36.1 Å². The molecule has 0 aliphatic heterocycles. The van der Waals surface area contributed by atoms with Crippen molar-refractivity contribution < 1.29 is 28.7 Å². The van der Waals surface area contributed by atoms with Crippen molar-refractivity contribution in [3.63, 3.8) is 0 Å². The van der Waals surface area contributed by atoms with Crippen LogP contribution in [0.25, 0.3) is 0 Å². The minimum absolute atomic E-state index is 0.000506. The van der Waals surface area contributed by atoms with Gasteiger partial charge in [-0.15, -0.1) is 0 Å². The smallest absolute Gasteiger partial charge is 0.330 e. The Balaban J connectivity index is 2.18. The molecule has 9 nitrogen and oxygen atoms in total. The topological polar surface area (TPSA) is 145 Å². The van der Waals surface area contributed by atoms with Gasteiger partial charge in [0.1, 0.15) is 0 Å². The first-order valence-corrected chi connectivity index (χ1v) is 14.9. The normalized spacial score (nSPS) is 15.9. The van der Waals surface area contributed by atoms with Gasteiger partial charge < -0.3 is 21.1 Å². The first-order chi connectivity index (χ1) is 19.1. The summed E-state index contributed by atoms with van der Waals surface area (Å²) in [6.45, 7) is 5.63. The Kier molecular flexibility index (Phi) is 14.5. The number of primary amides is 1. The summed E-state index contributed by atoms with van der Waals surface area (Å²) in [5, 5.41) is 5.83. The SMILES string of the molecule is CCOC(=O)/C=C/[C@H](CCC(N)=O)NC(=O)[C@@H](CC(=O)[C@@H](NC(=O)SC1CCCC1)C(C)C)Cc1ccccc1. The molecule has 1 aromatic carbocycles. The van der Waals surface area contributed by atoms with E-state index in [1.54, 1.807) is 6.92 Å². The summed E-state index contributed by atoms with van der Waals surface area (Å²) < 4.78 is 4.91. The van der Waals surface area contributed by atoms with Gasteiger partial charge in [0.25, 0.3) is 5.24 Å². The number of hydrogen-bond donors (Lipinski definition) is 3. The molecule has 220 valence electrons. The third-order valence-corrected chi connectivity index (χ3v) is 7.92. The summed E-state index contributed by atoms with van der Waals surface area (Å²) >= 11 is 1.26. The highest BCUT2D eigenvalue weighted by Crippen LogP contribution is 2.30. The molecule has 3 atom stereocenters. The first kappa shape index (κ1) is 33.1. The molecule has 10 heteroatoms. The van der Waals surface area contributed by atoms with E-state index in [4.69, 9.17) is 10.5 Å². The number of carbonyl (C=O) groups excluding carboxylic acids is 5. The Hall–Kier alpha value is -3.14. The van der Waals surface area contributed by atoms with Crippen molar-refractivity contribution in [2.45, 2.75) is 89.5 Å². The Morgan fingerprint density at radius 2 is 1.75 bits per heavy atom. The summed E-state index contributed by atoms with van der Waals surface area (Å²) in [6.07, 6.45) is 7.31. The maximum absolute atomic E-state index is 13.5. The zero-order chi connectivity index (χ0) is 29.5. The van der Waals surface area contributed by atoms with Gasteiger partial charge in [-0.25, -0.2) is 4.79 Å². The second kappa shape index (κ2) is 17.5. The highest BCUT2D eigenvalue weighted by Gasteiger charge is 2.31.